The number of anilines is 1. The number of nitrogens with one attached hydrogen (secondary N) is 1. The van der Waals surface area contributed by atoms with Gasteiger partial charge in [0.05, 0.1) is 10.3 Å². The van der Waals surface area contributed by atoms with Crippen LogP contribution in [-0.4, -0.2) is 31.7 Å². The number of halogens is 1. The van der Waals surface area contributed by atoms with E-state index >= 15 is 0 Å². The van der Waals surface area contributed by atoms with Crippen molar-refractivity contribution in [2.75, 3.05) is 18.4 Å². The fourth-order valence-corrected chi connectivity index (χ4v) is 5.43. The molecule has 7 nitrogen and oxygen atoms in total. The molecular formula is C22H21ClN2O5S. The molecule has 2 heterocycles. The van der Waals surface area contributed by atoms with Crippen LogP contribution in [0.2, 0.25) is 5.02 Å². The second-order valence-corrected chi connectivity index (χ2v) is 10.1. The first-order chi connectivity index (χ1) is 14.7. The fourth-order valence-electron chi connectivity index (χ4n) is 3.66. The van der Waals surface area contributed by atoms with Gasteiger partial charge in [-0.3, -0.25) is 9.59 Å². The smallest absolute Gasteiger partial charge is 0.291 e. The van der Waals surface area contributed by atoms with E-state index in [1.54, 1.807) is 6.07 Å². The van der Waals surface area contributed by atoms with Crippen LogP contribution in [0.1, 0.15) is 30.3 Å². The molecule has 1 saturated heterocycles. The van der Waals surface area contributed by atoms with Crippen molar-refractivity contribution in [1.82, 2.24) is 4.31 Å². The maximum absolute atomic E-state index is 12.9. The number of piperidine rings is 1. The largest absolute Gasteiger partial charge is 0.451 e. The second-order valence-electron chi connectivity index (χ2n) is 7.70. The molecule has 1 N–H and O–H groups in total. The van der Waals surface area contributed by atoms with Gasteiger partial charge in [-0.1, -0.05) is 18.5 Å². The Hall–Kier alpha value is -2.68. The molecule has 0 spiro atoms. The minimum Gasteiger partial charge on any atom is -0.451 e. The number of amides is 1. The molecule has 0 radical (unpaired) electrons. The summed E-state index contributed by atoms with van der Waals surface area (Å²) in [6, 6.07) is 11.6. The van der Waals surface area contributed by atoms with Gasteiger partial charge < -0.3 is 9.73 Å². The third kappa shape index (κ3) is 4.51. The van der Waals surface area contributed by atoms with Crippen LogP contribution < -0.4 is 10.7 Å². The summed E-state index contributed by atoms with van der Waals surface area (Å²) >= 11 is 5.90. The van der Waals surface area contributed by atoms with E-state index in [1.165, 1.54) is 40.7 Å². The highest BCUT2D eigenvalue weighted by Crippen LogP contribution is 2.25. The Kier molecular flexibility index (Phi) is 5.88. The zero-order valence-electron chi connectivity index (χ0n) is 16.8. The van der Waals surface area contributed by atoms with Crippen molar-refractivity contribution < 1.29 is 17.6 Å². The molecule has 31 heavy (non-hydrogen) atoms. The third-order valence-corrected chi connectivity index (χ3v) is 7.40. The topological polar surface area (TPSA) is 96.7 Å². The summed E-state index contributed by atoms with van der Waals surface area (Å²) in [6.07, 6.45) is 1.87. The molecule has 3 aromatic rings. The van der Waals surface area contributed by atoms with Gasteiger partial charge in [-0.25, -0.2) is 8.42 Å². The minimum atomic E-state index is -3.58. The molecule has 1 atom stereocenters. The molecule has 2 aromatic carbocycles. The Labute approximate surface area is 184 Å². The molecule has 0 aliphatic carbocycles. The zero-order valence-corrected chi connectivity index (χ0v) is 18.4. The summed E-state index contributed by atoms with van der Waals surface area (Å²) in [6.45, 7) is 3.06. The Morgan fingerprint density at radius 3 is 2.61 bits per heavy atom. The van der Waals surface area contributed by atoms with Crippen LogP contribution in [0.25, 0.3) is 11.0 Å². The minimum absolute atomic E-state index is 0.154. The van der Waals surface area contributed by atoms with Crippen LogP contribution in [0.15, 0.2) is 62.6 Å². The second kappa shape index (κ2) is 8.45. The van der Waals surface area contributed by atoms with Gasteiger partial charge >= 0.3 is 0 Å². The Morgan fingerprint density at radius 1 is 1.16 bits per heavy atom. The van der Waals surface area contributed by atoms with Crippen LogP contribution >= 0.6 is 11.6 Å². The number of carbonyl (C=O) groups is 1. The van der Waals surface area contributed by atoms with Crippen molar-refractivity contribution in [3.05, 3.63) is 69.5 Å². The van der Waals surface area contributed by atoms with Gasteiger partial charge in [0.25, 0.3) is 5.91 Å². The van der Waals surface area contributed by atoms with E-state index in [1.807, 2.05) is 6.92 Å². The predicted molar refractivity (Wildman–Crippen MR) is 119 cm³/mol. The SMILES string of the molecule is C[C@H]1CCCN(S(=O)(=O)c2ccc(NC(=O)c3cc(=O)c4cc(Cl)ccc4o3)cc2)C1. The first-order valence-corrected chi connectivity index (χ1v) is 11.7. The monoisotopic (exact) mass is 460 g/mol. The van der Waals surface area contributed by atoms with Crippen LogP contribution in [0, 0.1) is 5.92 Å². The van der Waals surface area contributed by atoms with Crippen molar-refractivity contribution in [2.24, 2.45) is 5.92 Å². The number of hydrogen-bond acceptors (Lipinski definition) is 5. The van der Waals surface area contributed by atoms with Crippen molar-refractivity contribution in [2.45, 2.75) is 24.7 Å². The van der Waals surface area contributed by atoms with Gasteiger partial charge in [0.1, 0.15) is 5.58 Å². The highest BCUT2D eigenvalue weighted by atomic mass is 35.5. The van der Waals surface area contributed by atoms with E-state index in [2.05, 4.69) is 5.32 Å². The van der Waals surface area contributed by atoms with Gasteiger partial charge in [0.2, 0.25) is 10.0 Å². The number of carbonyl (C=O) groups excluding carboxylic acids is 1. The summed E-state index contributed by atoms with van der Waals surface area (Å²) < 4.78 is 32.7. The van der Waals surface area contributed by atoms with Crippen molar-refractivity contribution in [3.63, 3.8) is 0 Å². The van der Waals surface area contributed by atoms with Crippen LogP contribution in [0.4, 0.5) is 5.69 Å². The lowest BCUT2D eigenvalue weighted by molar-refractivity contribution is 0.0997. The maximum atomic E-state index is 12.9. The van der Waals surface area contributed by atoms with Crippen molar-refractivity contribution >= 4 is 44.2 Å². The lowest BCUT2D eigenvalue weighted by Crippen LogP contribution is -2.39. The molecule has 0 saturated carbocycles. The molecule has 0 unspecified atom stereocenters. The number of sulfonamides is 1. The molecule has 9 heteroatoms. The van der Waals surface area contributed by atoms with E-state index in [0.717, 1.165) is 18.9 Å². The number of nitrogens with zero attached hydrogens (tertiary/aromatic N) is 1. The number of rotatable bonds is 4. The van der Waals surface area contributed by atoms with Gasteiger partial charge in [-0.15, -0.1) is 0 Å². The van der Waals surface area contributed by atoms with E-state index in [0.29, 0.717) is 29.7 Å². The third-order valence-electron chi connectivity index (χ3n) is 5.28. The fraction of sp³-hybridized carbons (Fsp3) is 0.273. The zero-order chi connectivity index (χ0) is 22.2. The Balaban J connectivity index is 1.53. The summed E-state index contributed by atoms with van der Waals surface area (Å²) in [5.41, 5.74) is 0.250. The molecule has 1 aliphatic rings. The lowest BCUT2D eigenvalue weighted by Gasteiger charge is -2.30. The van der Waals surface area contributed by atoms with Gasteiger partial charge in [-0.05, 0) is 61.2 Å². The highest BCUT2D eigenvalue weighted by Gasteiger charge is 2.28. The predicted octanol–water partition coefficient (Wildman–Crippen LogP) is 4.12. The number of benzene rings is 2. The Bertz CT molecular complexity index is 1300. The van der Waals surface area contributed by atoms with Crippen molar-refractivity contribution in [3.8, 4) is 0 Å². The lowest BCUT2D eigenvalue weighted by atomic mass is 10.0. The number of fused-ring (bicyclic) bond motifs is 1. The van der Waals surface area contributed by atoms with E-state index < -0.39 is 15.9 Å². The van der Waals surface area contributed by atoms with Gasteiger partial charge in [0, 0.05) is 29.9 Å². The molecule has 1 aromatic heterocycles. The molecule has 4 rings (SSSR count). The summed E-state index contributed by atoms with van der Waals surface area (Å²) in [7, 11) is -3.58. The van der Waals surface area contributed by atoms with Crippen LogP contribution in [0.3, 0.4) is 0 Å². The molecule has 162 valence electrons. The van der Waals surface area contributed by atoms with E-state index in [-0.39, 0.29) is 27.1 Å². The molecule has 1 fully saturated rings. The molecular weight excluding hydrogens is 440 g/mol. The average molecular weight is 461 g/mol. The van der Waals surface area contributed by atoms with Crippen molar-refractivity contribution in [1.29, 1.82) is 0 Å². The first kappa shape index (κ1) is 21.5. The highest BCUT2D eigenvalue weighted by molar-refractivity contribution is 7.89. The summed E-state index contributed by atoms with van der Waals surface area (Å²) in [5.74, 6) is -0.442. The average Bonchev–Trinajstić information content (AvgIpc) is 2.74. The summed E-state index contributed by atoms with van der Waals surface area (Å²) in [4.78, 5) is 25.0. The maximum Gasteiger partial charge on any atom is 0.291 e. The molecule has 1 amide bonds. The van der Waals surface area contributed by atoms with Crippen LogP contribution in [0.5, 0.6) is 0 Å². The van der Waals surface area contributed by atoms with Crippen LogP contribution in [-0.2, 0) is 10.0 Å². The molecule has 1 aliphatic heterocycles. The van der Waals surface area contributed by atoms with Gasteiger partial charge in [0.15, 0.2) is 11.2 Å². The normalized spacial score (nSPS) is 17.5. The standard InChI is InChI=1S/C22H21ClN2O5S/c1-14-3-2-10-25(13-14)31(28,29)17-7-5-16(6-8-17)24-22(27)21-12-19(26)18-11-15(23)4-9-20(18)30-21/h4-9,11-12,14H,2-3,10,13H2,1H3,(H,24,27)/t14-/m0/s1. The Morgan fingerprint density at radius 2 is 1.90 bits per heavy atom. The summed E-state index contributed by atoms with van der Waals surface area (Å²) in [5, 5.41) is 3.30. The van der Waals surface area contributed by atoms with E-state index in [4.69, 9.17) is 16.0 Å². The first-order valence-electron chi connectivity index (χ1n) is 9.89. The quantitative estimate of drug-likeness (QED) is 0.631. The van der Waals surface area contributed by atoms with Gasteiger partial charge in [-0.2, -0.15) is 4.31 Å². The molecule has 0 bridgehead atoms. The van der Waals surface area contributed by atoms with E-state index in [9.17, 15) is 18.0 Å². The number of hydrogen-bond donors (Lipinski definition) is 1.